The van der Waals surface area contributed by atoms with Gasteiger partial charge in [-0.25, -0.2) is 24.8 Å². The van der Waals surface area contributed by atoms with E-state index in [1.54, 1.807) is 0 Å². The van der Waals surface area contributed by atoms with Crippen LogP contribution in [0.5, 0.6) is 0 Å². The molecule has 14 heteroatoms. The number of aliphatic hydroxyl groups is 3. The largest absolute Gasteiger partial charge is 0.394 e. The Hall–Kier alpha value is -2.65. The summed E-state index contributed by atoms with van der Waals surface area (Å²) in [7, 11) is 0. The van der Waals surface area contributed by atoms with E-state index in [2.05, 4.69) is 30.1 Å². The third-order valence-electron chi connectivity index (χ3n) is 3.99. The molecule has 3 aromatic heterocycles. The van der Waals surface area contributed by atoms with Gasteiger partial charge < -0.3 is 20.1 Å². The van der Waals surface area contributed by atoms with Crippen LogP contribution < -0.4 is 11.2 Å². The smallest absolute Gasteiger partial charge is 0.342 e. The first-order chi connectivity index (χ1) is 13.0. The van der Waals surface area contributed by atoms with Crippen LogP contribution in [-0.2, 0) is 4.74 Å². The number of imidazole rings is 1. The van der Waals surface area contributed by atoms with Crippen molar-refractivity contribution in [1.29, 1.82) is 0 Å². The van der Waals surface area contributed by atoms with Gasteiger partial charge in [0.1, 0.15) is 35.2 Å². The number of hydrogen-bond acceptors (Lipinski definition) is 11. The molecule has 142 valence electrons. The van der Waals surface area contributed by atoms with E-state index in [1.807, 2.05) is 0 Å². The van der Waals surface area contributed by atoms with E-state index in [0.29, 0.717) is 5.52 Å². The maximum absolute atomic E-state index is 11.8. The molecular weight excluding hydrogens is 382 g/mol. The van der Waals surface area contributed by atoms with Gasteiger partial charge in [-0.05, 0) is 11.8 Å². The average Bonchev–Trinajstić information content (AvgIpc) is 3.20. The lowest BCUT2D eigenvalue weighted by Gasteiger charge is -2.16. The summed E-state index contributed by atoms with van der Waals surface area (Å²) < 4.78 is 6.87. The van der Waals surface area contributed by atoms with Gasteiger partial charge >= 0.3 is 5.69 Å². The average molecular weight is 395 g/mol. The van der Waals surface area contributed by atoms with Gasteiger partial charge in [-0.1, -0.05) is 0 Å². The van der Waals surface area contributed by atoms with Crippen LogP contribution in [0.3, 0.4) is 0 Å². The van der Waals surface area contributed by atoms with Crippen LogP contribution in [-0.4, -0.2) is 74.9 Å². The predicted molar refractivity (Wildman–Crippen MR) is 87.9 cm³/mol. The molecule has 3 aromatic rings. The first-order valence-corrected chi connectivity index (χ1v) is 8.48. The highest BCUT2D eigenvalue weighted by Gasteiger charge is 2.44. The highest BCUT2D eigenvalue weighted by Crippen LogP contribution is 2.33. The third-order valence-corrected chi connectivity index (χ3v) is 4.95. The van der Waals surface area contributed by atoms with Crippen LogP contribution in [0, 0.1) is 0 Å². The number of aliphatic hydroxyl groups excluding tert-OH is 3. The fourth-order valence-corrected chi connectivity index (χ4v) is 3.46. The molecule has 1 saturated heterocycles. The second kappa shape index (κ2) is 6.82. The molecule has 0 amide bonds. The molecule has 0 bridgehead atoms. The summed E-state index contributed by atoms with van der Waals surface area (Å²) in [6.07, 6.45) is -1.95. The van der Waals surface area contributed by atoms with Crippen molar-refractivity contribution in [1.82, 2.24) is 34.7 Å². The normalized spacial score (nSPS) is 25.3. The van der Waals surface area contributed by atoms with Gasteiger partial charge in [0.05, 0.1) is 12.9 Å². The molecule has 0 aromatic carbocycles. The van der Waals surface area contributed by atoms with Crippen molar-refractivity contribution in [3.63, 3.8) is 0 Å². The number of rotatable bonds is 4. The maximum atomic E-state index is 11.8. The summed E-state index contributed by atoms with van der Waals surface area (Å²) in [5.41, 5.74) is -0.833. The first-order valence-electron chi connectivity index (χ1n) is 7.66. The van der Waals surface area contributed by atoms with Gasteiger partial charge in [-0.15, -0.1) is 0 Å². The SMILES string of the molecule is O=c1[nH]nc(Sc2ncnc3c2ncn3[C@H]2O[C@@H](CO)[C@@H](O)[C@H]2O)c(=O)[nH]1. The Labute approximate surface area is 153 Å². The molecule has 0 unspecified atom stereocenters. The van der Waals surface area contributed by atoms with E-state index >= 15 is 0 Å². The first kappa shape index (κ1) is 17.7. The summed E-state index contributed by atoms with van der Waals surface area (Å²) in [5, 5.41) is 35.4. The van der Waals surface area contributed by atoms with Crippen LogP contribution >= 0.6 is 11.8 Å². The van der Waals surface area contributed by atoms with Crippen LogP contribution in [0.1, 0.15) is 6.23 Å². The number of nitrogens with zero attached hydrogens (tertiary/aromatic N) is 5. The monoisotopic (exact) mass is 395 g/mol. The molecule has 1 fully saturated rings. The minimum atomic E-state index is -1.30. The Bertz CT molecular complexity index is 1100. The number of ether oxygens (including phenoxy) is 1. The number of nitrogens with one attached hydrogen (secondary N) is 2. The second-order valence-electron chi connectivity index (χ2n) is 5.65. The molecule has 0 spiro atoms. The number of fused-ring (bicyclic) bond motifs is 1. The summed E-state index contributed by atoms with van der Waals surface area (Å²) in [6.45, 7) is -0.460. The zero-order chi connectivity index (χ0) is 19.1. The fraction of sp³-hybridized carbons (Fsp3) is 0.385. The van der Waals surface area contributed by atoms with Gasteiger partial charge in [0.25, 0.3) is 5.56 Å². The lowest BCUT2D eigenvalue weighted by atomic mass is 10.1. The molecule has 4 atom stereocenters. The standard InChI is InChI=1S/C13H13N7O6S/c21-1-4-6(22)7(23)12(26-4)20-3-16-5-8(20)14-2-15-10(5)27-11-9(24)17-13(25)19-18-11/h2-4,6-7,12,21-23H,1H2,(H2,17,19,24,25)/t4-,6+,7+,12-/m0/s1. The minimum absolute atomic E-state index is 0.0444. The topological polar surface area (TPSA) is 192 Å². The lowest BCUT2D eigenvalue weighted by Crippen LogP contribution is -2.33. The van der Waals surface area contributed by atoms with E-state index in [0.717, 1.165) is 11.8 Å². The van der Waals surface area contributed by atoms with Gasteiger partial charge in [-0.3, -0.25) is 14.3 Å². The summed E-state index contributed by atoms with van der Waals surface area (Å²) >= 11 is 0.870. The molecule has 0 saturated carbocycles. The van der Waals surface area contributed by atoms with Crippen LogP contribution in [0.4, 0.5) is 0 Å². The zero-order valence-electron chi connectivity index (χ0n) is 13.4. The summed E-state index contributed by atoms with van der Waals surface area (Å²) in [6, 6.07) is 0. The second-order valence-corrected chi connectivity index (χ2v) is 6.62. The van der Waals surface area contributed by atoms with Crippen molar-refractivity contribution < 1.29 is 20.1 Å². The van der Waals surface area contributed by atoms with E-state index in [9.17, 15) is 24.9 Å². The fourth-order valence-electron chi connectivity index (χ4n) is 2.70. The lowest BCUT2D eigenvalue weighted by molar-refractivity contribution is -0.0511. The Balaban J connectivity index is 1.72. The predicted octanol–water partition coefficient (Wildman–Crippen LogP) is -2.64. The van der Waals surface area contributed by atoms with E-state index in [4.69, 9.17) is 4.74 Å². The summed E-state index contributed by atoms with van der Waals surface area (Å²) in [5.74, 6) is 0. The van der Waals surface area contributed by atoms with Gasteiger partial charge in [-0.2, -0.15) is 5.10 Å². The van der Waals surface area contributed by atoms with Gasteiger partial charge in [0.2, 0.25) is 0 Å². The van der Waals surface area contributed by atoms with Crippen molar-refractivity contribution in [2.45, 2.75) is 34.6 Å². The molecule has 1 aliphatic rings. The maximum Gasteiger partial charge on any atom is 0.342 e. The van der Waals surface area contributed by atoms with Crippen molar-refractivity contribution in [2.75, 3.05) is 6.61 Å². The number of aromatic amines is 2. The molecular formula is C13H13N7O6S. The van der Waals surface area contributed by atoms with Crippen molar-refractivity contribution in [2.24, 2.45) is 0 Å². The molecule has 27 heavy (non-hydrogen) atoms. The van der Waals surface area contributed by atoms with Gasteiger partial charge in [0, 0.05) is 0 Å². The molecule has 0 aliphatic carbocycles. The Morgan fingerprint density at radius 2 is 2.00 bits per heavy atom. The quantitative estimate of drug-likeness (QED) is 0.290. The Morgan fingerprint density at radius 1 is 1.19 bits per heavy atom. The number of H-pyrrole nitrogens is 2. The number of hydrogen-bond donors (Lipinski definition) is 5. The van der Waals surface area contributed by atoms with Crippen LogP contribution in [0.2, 0.25) is 0 Å². The Morgan fingerprint density at radius 3 is 2.70 bits per heavy atom. The highest BCUT2D eigenvalue weighted by molar-refractivity contribution is 7.99. The van der Waals surface area contributed by atoms with Gasteiger partial charge in [0.15, 0.2) is 16.9 Å². The third kappa shape index (κ3) is 3.02. The van der Waals surface area contributed by atoms with Crippen molar-refractivity contribution >= 4 is 22.9 Å². The van der Waals surface area contributed by atoms with Crippen LogP contribution in [0.25, 0.3) is 11.2 Å². The number of aromatic nitrogens is 7. The molecule has 13 nitrogen and oxygen atoms in total. The van der Waals surface area contributed by atoms with E-state index in [1.165, 1.54) is 17.2 Å². The molecule has 1 aliphatic heterocycles. The molecule has 5 N–H and O–H groups in total. The zero-order valence-corrected chi connectivity index (χ0v) is 14.2. The summed E-state index contributed by atoms with van der Waals surface area (Å²) in [4.78, 5) is 37.3. The minimum Gasteiger partial charge on any atom is -0.394 e. The molecule has 4 rings (SSSR count). The molecule has 4 heterocycles. The van der Waals surface area contributed by atoms with Crippen molar-refractivity contribution in [3.8, 4) is 0 Å². The van der Waals surface area contributed by atoms with E-state index in [-0.39, 0.29) is 15.7 Å². The van der Waals surface area contributed by atoms with Crippen LogP contribution in [0.15, 0.2) is 32.3 Å². The molecule has 0 radical (unpaired) electrons. The van der Waals surface area contributed by atoms with E-state index < -0.39 is 42.4 Å². The Kier molecular flexibility index (Phi) is 4.48. The highest BCUT2D eigenvalue weighted by atomic mass is 32.2. The van der Waals surface area contributed by atoms with Crippen molar-refractivity contribution in [3.05, 3.63) is 33.5 Å².